The predicted molar refractivity (Wildman–Crippen MR) is 98.3 cm³/mol. The van der Waals surface area contributed by atoms with Crippen LogP contribution in [0.1, 0.15) is 20.3 Å². The van der Waals surface area contributed by atoms with Gasteiger partial charge in [0.1, 0.15) is 6.10 Å². The highest BCUT2D eigenvalue weighted by Crippen LogP contribution is 2.01. The van der Waals surface area contributed by atoms with Crippen molar-refractivity contribution in [2.24, 2.45) is 0 Å². The van der Waals surface area contributed by atoms with Crippen molar-refractivity contribution in [2.45, 2.75) is 26.4 Å². The van der Waals surface area contributed by atoms with E-state index in [9.17, 15) is 9.59 Å². The highest BCUT2D eigenvalue weighted by molar-refractivity contribution is 5.82. The second kappa shape index (κ2) is 15.4. The maximum Gasteiger partial charge on any atom is 0.332 e. The SMILES string of the molecule is C/C=C/C(=O)OCCC(C)OC(=O)/C=C/N(CCO)CCN(C)CCO. The van der Waals surface area contributed by atoms with Gasteiger partial charge in [-0.3, -0.25) is 0 Å². The van der Waals surface area contributed by atoms with Crippen molar-refractivity contribution in [3.8, 4) is 0 Å². The van der Waals surface area contributed by atoms with Gasteiger partial charge in [-0.15, -0.1) is 0 Å². The third-order valence-electron chi connectivity index (χ3n) is 3.45. The summed E-state index contributed by atoms with van der Waals surface area (Å²) in [5.74, 6) is -0.916. The highest BCUT2D eigenvalue weighted by atomic mass is 16.6. The summed E-state index contributed by atoms with van der Waals surface area (Å²) in [5, 5.41) is 18.0. The quantitative estimate of drug-likeness (QED) is 0.329. The number of rotatable bonds is 14. The third-order valence-corrected chi connectivity index (χ3v) is 3.45. The van der Waals surface area contributed by atoms with E-state index in [0.717, 1.165) is 0 Å². The molecule has 0 heterocycles. The molecule has 8 nitrogen and oxygen atoms in total. The lowest BCUT2D eigenvalue weighted by Gasteiger charge is -2.23. The van der Waals surface area contributed by atoms with Gasteiger partial charge in [-0.05, 0) is 20.9 Å². The van der Waals surface area contributed by atoms with Crippen molar-refractivity contribution in [3.63, 3.8) is 0 Å². The molecule has 0 saturated carbocycles. The van der Waals surface area contributed by atoms with Crippen molar-refractivity contribution in [1.82, 2.24) is 9.80 Å². The maximum atomic E-state index is 11.8. The number of hydrogen-bond donors (Lipinski definition) is 2. The second-order valence-corrected chi connectivity index (χ2v) is 5.81. The van der Waals surface area contributed by atoms with Crippen LogP contribution < -0.4 is 0 Å². The highest BCUT2D eigenvalue weighted by Gasteiger charge is 2.09. The molecule has 0 amide bonds. The number of carbonyl (C=O) groups excluding carboxylic acids is 2. The van der Waals surface area contributed by atoms with Crippen LogP contribution >= 0.6 is 0 Å². The van der Waals surface area contributed by atoms with Crippen LogP contribution in [0.3, 0.4) is 0 Å². The first-order valence-corrected chi connectivity index (χ1v) is 8.75. The summed E-state index contributed by atoms with van der Waals surface area (Å²) in [6, 6.07) is 0. The summed E-state index contributed by atoms with van der Waals surface area (Å²) in [7, 11) is 1.89. The van der Waals surface area contributed by atoms with Crippen LogP contribution in [-0.4, -0.2) is 91.1 Å². The minimum absolute atomic E-state index is 0.0307. The zero-order chi connectivity index (χ0) is 19.8. The van der Waals surface area contributed by atoms with Gasteiger partial charge in [-0.1, -0.05) is 6.08 Å². The molecule has 0 aliphatic heterocycles. The molecule has 0 saturated heterocycles. The molecule has 8 heteroatoms. The fourth-order valence-corrected chi connectivity index (χ4v) is 1.94. The van der Waals surface area contributed by atoms with Crippen LogP contribution in [0.4, 0.5) is 0 Å². The number of nitrogens with zero attached hydrogens (tertiary/aromatic N) is 2. The standard InChI is InChI=1S/C18H32N2O6/c1-4-5-17(23)25-15-7-16(2)26-18(24)6-8-20(12-14-22)10-9-19(3)11-13-21/h4-6,8,16,21-22H,7,9-15H2,1-3H3/b5-4+,8-6+. The normalized spacial score (nSPS) is 12.7. The van der Waals surface area contributed by atoms with Crippen molar-refractivity contribution < 1.29 is 29.3 Å². The van der Waals surface area contributed by atoms with E-state index in [1.807, 2.05) is 11.9 Å². The largest absolute Gasteiger partial charge is 0.462 e. The fourth-order valence-electron chi connectivity index (χ4n) is 1.94. The molecule has 2 N–H and O–H groups in total. The Morgan fingerprint density at radius 3 is 2.35 bits per heavy atom. The predicted octanol–water partition coefficient (Wildman–Crippen LogP) is 0.160. The topological polar surface area (TPSA) is 99.5 Å². The first-order valence-electron chi connectivity index (χ1n) is 8.75. The summed E-state index contributed by atoms with van der Waals surface area (Å²) in [5.41, 5.74) is 0. The Kier molecular flexibility index (Phi) is 14.2. The van der Waals surface area contributed by atoms with Gasteiger partial charge in [-0.25, -0.2) is 9.59 Å². The van der Waals surface area contributed by atoms with E-state index >= 15 is 0 Å². The fraction of sp³-hybridized carbons (Fsp3) is 0.667. The molecule has 0 rings (SSSR count). The maximum absolute atomic E-state index is 11.8. The number of esters is 2. The van der Waals surface area contributed by atoms with Crippen LogP contribution in [-0.2, 0) is 19.1 Å². The van der Waals surface area contributed by atoms with E-state index in [-0.39, 0.29) is 25.9 Å². The van der Waals surface area contributed by atoms with Gasteiger partial charge in [0.05, 0.1) is 19.8 Å². The summed E-state index contributed by atoms with van der Waals surface area (Å²) < 4.78 is 10.2. The molecule has 0 aromatic rings. The van der Waals surface area contributed by atoms with Gasteiger partial charge in [0, 0.05) is 51.0 Å². The molecule has 0 aromatic heterocycles. The van der Waals surface area contributed by atoms with Gasteiger partial charge in [0.25, 0.3) is 0 Å². The van der Waals surface area contributed by atoms with E-state index in [2.05, 4.69) is 0 Å². The van der Waals surface area contributed by atoms with Crippen molar-refractivity contribution in [3.05, 3.63) is 24.4 Å². The van der Waals surface area contributed by atoms with Gasteiger partial charge < -0.3 is 29.5 Å². The minimum atomic E-state index is -0.496. The summed E-state index contributed by atoms with van der Waals surface area (Å²) in [6.45, 7) is 5.94. The van der Waals surface area contributed by atoms with Crippen LogP contribution in [0, 0.1) is 0 Å². The molecular weight excluding hydrogens is 340 g/mol. The molecule has 26 heavy (non-hydrogen) atoms. The minimum Gasteiger partial charge on any atom is -0.462 e. The van der Waals surface area contributed by atoms with Crippen molar-refractivity contribution in [2.75, 3.05) is 53.0 Å². The molecule has 0 spiro atoms. The average Bonchev–Trinajstić information content (AvgIpc) is 2.57. The Labute approximate surface area is 155 Å². The second-order valence-electron chi connectivity index (χ2n) is 5.81. The zero-order valence-electron chi connectivity index (χ0n) is 16.0. The average molecular weight is 372 g/mol. The van der Waals surface area contributed by atoms with E-state index in [4.69, 9.17) is 19.7 Å². The van der Waals surface area contributed by atoms with E-state index in [0.29, 0.717) is 32.6 Å². The van der Waals surface area contributed by atoms with Crippen molar-refractivity contribution >= 4 is 11.9 Å². The van der Waals surface area contributed by atoms with Crippen molar-refractivity contribution in [1.29, 1.82) is 0 Å². The van der Waals surface area contributed by atoms with Gasteiger partial charge in [-0.2, -0.15) is 0 Å². The van der Waals surface area contributed by atoms with Crippen LogP contribution in [0.2, 0.25) is 0 Å². The molecule has 1 atom stereocenters. The Morgan fingerprint density at radius 1 is 1.04 bits per heavy atom. The van der Waals surface area contributed by atoms with E-state index in [1.165, 1.54) is 12.2 Å². The lowest BCUT2D eigenvalue weighted by Crippen LogP contribution is -2.33. The summed E-state index contributed by atoms with van der Waals surface area (Å²) >= 11 is 0. The molecule has 0 bridgehead atoms. The Bertz CT molecular complexity index is 453. The number of hydrogen-bond acceptors (Lipinski definition) is 8. The number of likely N-dealkylation sites (N-methyl/N-ethyl adjacent to an activating group) is 1. The van der Waals surface area contributed by atoms with Gasteiger partial charge in [0.2, 0.25) is 0 Å². The molecule has 0 fully saturated rings. The number of carbonyl (C=O) groups is 2. The molecule has 0 aliphatic rings. The number of ether oxygens (including phenoxy) is 2. The number of allylic oxidation sites excluding steroid dienone is 1. The summed E-state index contributed by atoms with van der Waals surface area (Å²) in [6.07, 6.45) is 5.85. The first kappa shape index (κ1) is 24.1. The lowest BCUT2D eigenvalue weighted by atomic mass is 10.3. The molecule has 0 aromatic carbocycles. The monoisotopic (exact) mass is 372 g/mol. The molecule has 1 unspecified atom stereocenters. The van der Waals surface area contributed by atoms with Gasteiger partial charge in [0.15, 0.2) is 0 Å². The number of aliphatic hydroxyl groups excluding tert-OH is 2. The van der Waals surface area contributed by atoms with Crippen LogP contribution in [0.5, 0.6) is 0 Å². The zero-order valence-corrected chi connectivity index (χ0v) is 16.0. The molecular formula is C18H32N2O6. The lowest BCUT2D eigenvalue weighted by molar-refractivity contribution is -0.144. The van der Waals surface area contributed by atoms with Gasteiger partial charge >= 0.3 is 11.9 Å². The van der Waals surface area contributed by atoms with Crippen LogP contribution in [0.15, 0.2) is 24.4 Å². The Hall–Kier alpha value is -1.90. The number of aliphatic hydroxyl groups is 2. The first-order chi connectivity index (χ1) is 12.4. The molecule has 150 valence electrons. The van der Waals surface area contributed by atoms with Crippen LogP contribution in [0.25, 0.3) is 0 Å². The third kappa shape index (κ3) is 13.4. The Morgan fingerprint density at radius 2 is 1.73 bits per heavy atom. The van der Waals surface area contributed by atoms with E-state index < -0.39 is 11.9 Å². The smallest absolute Gasteiger partial charge is 0.332 e. The molecule has 0 aliphatic carbocycles. The molecule has 0 radical (unpaired) electrons. The van der Waals surface area contributed by atoms with E-state index in [1.54, 1.807) is 31.0 Å². The summed E-state index contributed by atoms with van der Waals surface area (Å²) in [4.78, 5) is 26.8. The Balaban J connectivity index is 4.22.